The van der Waals surface area contributed by atoms with Crippen LogP contribution in [0.3, 0.4) is 0 Å². The van der Waals surface area contributed by atoms with Gasteiger partial charge in [0, 0.05) is 44.8 Å². The Bertz CT molecular complexity index is 1350. The Morgan fingerprint density at radius 2 is 1.88 bits per heavy atom. The van der Waals surface area contributed by atoms with Crippen LogP contribution in [-0.2, 0) is 9.63 Å². The molecule has 10 nitrogen and oxygen atoms in total. The van der Waals surface area contributed by atoms with Gasteiger partial charge in [-0.25, -0.2) is 23.8 Å². The Labute approximate surface area is 232 Å². The van der Waals surface area contributed by atoms with Crippen LogP contribution in [0.5, 0.6) is 5.75 Å². The van der Waals surface area contributed by atoms with E-state index in [4.69, 9.17) is 9.57 Å². The number of ether oxygens (including phenoxy) is 1. The summed E-state index contributed by atoms with van der Waals surface area (Å²) in [5.41, 5.74) is 2.31. The molecule has 1 atom stereocenters. The third-order valence-electron chi connectivity index (χ3n) is 6.37. The summed E-state index contributed by atoms with van der Waals surface area (Å²) in [6.45, 7) is 5.43. The third kappa shape index (κ3) is 6.82. The van der Waals surface area contributed by atoms with Crippen molar-refractivity contribution in [2.45, 2.75) is 12.5 Å². The number of carbonyl (C=O) groups is 1. The molecule has 3 aromatic rings. The lowest BCUT2D eigenvalue weighted by Crippen LogP contribution is -2.29. The van der Waals surface area contributed by atoms with Crippen LogP contribution in [0.1, 0.15) is 18.0 Å². The Balaban J connectivity index is 1.64. The zero-order valence-electron chi connectivity index (χ0n) is 22.9. The molecule has 0 radical (unpaired) electrons. The van der Waals surface area contributed by atoms with Crippen molar-refractivity contribution in [3.63, 3.8) is 0 Å². The van der Waals surface area contributed by atoms with Gasteiger partial charge >= 0.3 is 0 Å². The van der Waals surface area contributed by atoms with Gasteiger partial charge in [0.2, 0.25) is 5.91 Å². The number of nitrogens with zero attached hydrogens (tertiary/aromatic N) is 5. The molecule has 0 spiro atoms. The Hall–Kier alpha value is -4.29. The normalized spacial score (nSPS) is 14.8. The van der Waals surface area contributed by atoms with Crippen molar-refractivity contribution in [2.75, 3.05) is 68.5 Å². The second-order valence-electron chi connectivity index (χ2n) is 9.54. The molecule has 0 aliphatic carbocycles. The standard InChI is InChI=1S/C28H33F2N7O3/c1-6-28(38)34-21-14-22(25(39-5)15-24(21)36(4)9-8-35(2)3)33-26-16-27(32-17-31-26)37-23(7-10-40-37)18-11-19(29)13-20(30)12-18/h6,11-17,23H,1,7-10H2,2-5H3,(H,34,38)(H,31,32,33)/t23-/m1/s1. The van der Waals surface area contributed by atoms with Crippen molar-refractivity contribution in [1.29, 1.82) is 0 Å². The van der Waals surface area contributed by atoms with Gasteiger partial charge in [0.15, 0.2) is 5.82 Å². The molecule has 2 aromatic carbocycles. The maximum absolute atomic E-state index is 13.9. The fraction of sp³-hybridized carbons (Fsp3) is 0.321. The van der Waals surface area contributed by atoms with E-state index < -0.39 is 17.7 Å². The number of rotatable bonds is 11. The van der Waals surface area contributed by atoms with E-state index in [1.807, 2.05) is 32.1 Å². The molecule has 1 amide bonds. The van der Waals surface area contributed by atoms with Crippen molar-refractivity contribution < 1.29 is 23.1 Å². The fourth-order valence-electron chi connectivity index (χ4n) is 4.35. The van der Waals surface area contributed by atoms with Crippen LogP contribution in [0.25, 0.3) is 0 Å². The van der Waals surface area contributed by atoms with Gasteiger partial charge in [-0.1, -0.05) is 6.58 Å². The highest BCUT2D eigenvalue weighted by atomic mass is 19.1. The first kappa shape index (κ1) is 28.7. The van der Waals surface area contributed by atoms with Crippen molar-refractivity contribution in [3.8, 4) is 5.75 Å². The molecule has 1 aliphatic rings. The quantitative estimate of drug-likeness (QED) is 0.333. The highest BCUT2D eigenvalue weighted by Gasteiger charge is 2.30. The lowest BCUT2D eigenvalue weighted by molar-refractivity contribution is -0.111. The smallest absolute Gasteiger partial charge is 0.247 e. The molecule has 2 heterocycles. The first-order chi connectivity index (χ1) is 19.2. The molecule has 0 unspecified atom stereocenters. The highest BCUT2D eigenvalue weighted by Crippen LogP contribution is 2.39. The molecule has 212 valence electrons. The monoisotopic (exact) mass is 553 g/mol. The molecule has 1 aromatic heterocycles. The van der Waals surface area contributed by atoms with Crippen LogP contribution in [0, 0.1) is 11.6 Å². The van der Waals surface area contributed by atoms with Gasteiger partial charge in [0.05, 0.1) is 36.8 Å². The van der Waals surface area contributed by atoms with E-state index in [-0.39, 0.29) is 5.91 Å². The number of nitrogens with one attached hydrogen (secondary N) is 2. The second kappa shape index (κ2) is 12.7. The zero-order chi connectivity index (χ0) is 28.8. The van der Waals surface area contributed by atoms with Gasteiger partial charge in [0.1, 0.15) is 29.5 Å². The SMILES string of the molecule is C=CC(=O)Nc1cc(Nc2cc(N3OCC[C@@H]3c3cc(F)cc(F)c3)ncn2)c(OC)cc1N(C)CCN(C)C. The molecule has 1 fully saturated rings. The Kier molecular flexibility index (Phi) is 9.12. The first-order valence-corrected chi connectivity index (χ1v) is 12.7. The minimum atomic E-state index is -0.658. The van der Waals surface area contributed by atoms with E-state index in [9.17, 15) is 13.6 Å². The molecule has 12 heteroatoms. The van der Waals surface area contributed by atoms with Gasteiger partial charge in [-0.3, -0.25) is 9.63 Å². The van der Waals surface area contributed by atoms with Crippen LogP contribution in [0.15, 0.2) is 55.4 Å². The van der Waals surface area contributed by atoms with E-state index in [1.165, 1.54) is 29.6 Å². The topological polar surface area (TPSA) is 95.1 Å². The highest BCUT2D eigenvalue weighted by molar-refractivity contribution is 6.02. The predicted molar refractivity (Wildman–Crippen MR) is 151 cm³/mol. The number of carbonyl (C=O) groups excluding carboxylic acids is 1. The van der Waals surface area contributed by atoms with Gasteiger partial charge in [-0.2, -0.15) is 0 Å². The van der Waals surface area contributed by atoms with Crippen LogP contribution in [0.4, 0.5) is 37.5 Å². The number of hydrogen-bond donors (Lipinski definition) is 2. The number of amides is 1. The first-order valence-electron chi connectivity index (χ1n) is 12.7. The van der Waals surface area contributed by atoms with Gasteiger partial charge in [-0.05, 0) is 43.9 Å². The van der Waals surface area contributed by atoms with Crippen LogP contribution in [-0.4, -0.2) is 68.7 Å². The number of likely N-dealkylation sites (N-methyl/N-ethyl adjacent to an activating group) is 2. The summed E-state index contributed by atoms with van der Waals surface area (Å²) in [5.74, 6) is -0.326. The third-order valence-corrected chi connectivity index (χ3v) is 6.37. The van der Waals surface area contributed by atoms with Crippen LogP contribution < -0.4 is 25.3 Å². The van der Waals surface area contributed by atoms with Crippen molar-refractivity contribution in [3.05, 3.63) is 72.6 Å². The average Bonchev–Trinajstić information content (AvgIpc) is 3.42. The number of aromatic nitrogens is 2. The number of methoxy groups -OCH3 is 1. The van der Waals surface area contributed by atoms with Crippen LogP contribution >= 0.6 is 0 Å². The summed E-state index contributed by atoms with van der Waals surface area (Å²) in [5, 5.41) is 7.62. The number of hydroxylamine groups is 1. The summed E-state index contributed by atoms with van der Waals surface area (Å²) >= 11 is 0. The lowest BCUT2D eigenvalue weighted by Gasteiger charge is -2.26. The summed E-state index contributed by atoms with van der Waals surface area (Å²) < 4.78 is 33.5. The minimum Gasteiger partial charge on any atom is -0.494 e. The largest absolute Gasteiger partial charge is 0.494 e. The van der Waals surface area contributed by atoms with E-state index in [2.05, 4.69) is 32.1 Å². The predicted octanol–water partition coefficient (Wildman–Crippen LogP) is 4.51. The molecule has 1 saturated heterocycles. The zero-order valence-corrected chi connectivity index (χ0v) is 22.9. The van der Waals surface area contributed by atoms with Crippen molar-refractivity contribution in [1.82, 2.24) is 14.9 Å². The summed E-state index contributed by atoms with van der Waals surface area (Å²) in [4.78, 5) is 30.7. The summed E-state index contributed by atoms with van der Waals surface area (Å²) in [7, 11) is 7.47. The summed E-state index contributed by atoms with van der Waals surface area (Å²) in [6, 6.07) is 8.23. The molecule has 0 bridgehead atoms. The van der Waals surface area contributed by atoms with Gasteiger partial charge < -0.3 is 25.2 Å². The van der Waals surface area contributed by atoms with Crippen molar-refractivity contribution >= 4 is 34.6 Å². The van der Waals surface area contributed by atoms with E-state index >= 15 is 0 Å². The molecular formula is C28H33F2N7O3. The van der Waals surface area contributed by atoms with Crippen molar-refractivity contribution in [2.24, 2.45) is 0 Å². The Morgan fingerprint density at radius 3 is 2.55 bits per heavy atom. The lowest BCUT2D eigenvalue weighted by atomic mass is 10.0. The van der Waals surface area contributed by atoms with E-state index in [0.29, 0.717) is 53.9 Å². The molecule has 2 N–H and O–H groups in total. The minimum absolute atomic E-state index is 0.353. The maximum atomic E-state index is 13.9. The number of hydrogen-bond acceptors (Lipinski definition) is 9. The van der Waals surface area contributed by atoms with Gasteiger partial charge in [-0.15, -0.1) is 0 Å². The molecule has 1 aliphatic heterocycles. The van der Waals surface area contributed by atoms with Gasteiger partial charge in [0.25, 0.3) is 0 Å². The number of benzene rings is 2. The fourth-order valence-corrected chi connectivity index (χ4v) is 4.35. The maximum Gasteiger partial charge on any atom is 0.247 e. The van der Waals surface area contributed by atoms with E-state index in [1.54, 1.807) is 19.2 Å². The second-order valence-corrected chi connectivity index (χ2v) is 9.54. The molecule has 4 rings (SSSR count). The molecule has 0 saturated carbocycles. The Morgan fingerprint density at radius 1 is 1.12 bits per heavy atom. The van der Waals surface area contributed by atoms with E-state index in [0.717, 1.165) is 18.3 Å². The summed E-state index contributed by atoms with van der Waals surface area (Å²) in [6.07, 6.45) is 3.09. The molecule has 40 heavy (non-hydrogen) atoms. The number of anilines is 5. The molecular weight excluding hydrogens is 520 g/mol. The number of halogens is 2. The average molecular weight is 554 g/mol. The van der Waals surface area contributed by atoms with Crippen LogP contribution in [0.2, 0.25) is 0 Å².